The van der Waals surface area contributed by atoms with Gasteiger partial charge in [-0.15, -0.1) is 0 Å². The SMILES string of the molecule is COS(=O)(=O)C(C)(C)c1ccc(/C(C)=C(\NC(=O)OCc2ccccc2)C(=O)O)c(Br)c1. The zero-order valence-corrected chi connectivity index (χ0v) is 20.4. The number of aliphatic carboxylic acids is 1. The molecule has 0 bridgehead atoms. The molecule has 0 atom stereocenters. The number of carbonyl (C=O) groups excluding carboxylic acids is 1. The van der Waals surface area contributed by atoms with Crippen LogP contribution in [0.1, 0.15) is 37.5 Å². The number of carboxylic acid groups (broad SMARTS) is 1. The zero-order chi connectivity index (χ0) is 24.1. The lowest BCUT2D eigenvalue weighted by atomic mass is 9.97. The second-order valence-electron chi connectivity index (χ2n) is 7.32. The molecule has 0 saturated carbocycles. The Kier molecular flexibility index (Phi) is 8.22. The van der Waals surface area contributed by atoms with Crippen LogP contribution in [0.4, 0.5) is 4.79 Å². The maximum Gasteiger partial charge on any atom is 0.412 e. The van der Waals surface area contributed by atoms with E-state index < -0.39 is 26.9 Å². The van der Waals surface area contributed by atoms with E-state index in [1.54, 1.807) is 42.5 Å². The molecule has 0 fully saturated rings. The molecular formula is C22H24BrNO7S. The Balaban J connectivity index is 2.31. The third kappa shape index (κ3) is 5.76. The Morgan fingerprint density at radius 1 is 1.12 bits per heavy atom. The van der Waals surface area contributed by atoms with Crippen LogP contribution in [0.5, 0.6) is 0 Å². The number of hydrogen-bond acceptors (Lipinski definition) is 6. The lowest BCUT2D eigenvalue weighted by Crippen LogP contribution is -2.30. The Morgan fingerprint density at radius 3 is 2.28 bits per heavy atom. The van der Waals surface area contributed by atoms with Gasteiger partial charge in [0.15, 0.2) is 0 Å². The number of carboxylic acids is 1. The van der Waals surface area contributed by atoms with Crippen LogP contribution in [-0.4, -0.2) is 32.7 Å². The number of rotatable bonds is 8. The van der Waals surface area contributed by atoms with Crippen molar-refractivity contribution in [1.29, 1.82) is 0 Å². The van der Waals surface area contributed by atoms with E-state index in [0.29, 0.717) is 15.6 Å². The van der Waals surface area contributed by atoms with Gasteiger partial charge in [-0.1, -0.05) is 58.4 Å². The van der Waals surface area contributed by atoms with E-state index >= 15 is 0 Å². The van der Waals surface area contributed by atoms with Gasteiger partial charge >= 0.3 is 12.1 Å². The van der Waals surface area contributed by atoms with Gasteiger partial charge in [0.2, 0.25) is 0 Å². The first kappa shape index (κ1) is 25.6. The molecule has 0 aliphatic heterocycles. The minimum Gasteiger partial charge on any atom is -0.477 e. The highest BCUT2D eigenvalue weighted by molar-refractivity contribution is 9.10. The van der Waals surface area contributed by atoms with E-state index in [1.165, 1.54) is 20.8 Å². The number of amides is 1. The smallest absolute Gasteiger partial charge is 0.412 e. The van der Waals surface area contributed by atoms with Crippen molar-refractivity contribution in [3.63, 3.8) is 0 Å². The number of halogens is 1. The molecule has 8 nitrogen and oxygen atoms in total. The van der Waals surface area contributed by atoms with Gasteiger partial charge in [0.1, 0.15) is 17.1 Å². The van der Waals surface area contributed by atoms with E-state index in [1.807, 2.05) is 6.07 Å². The first-order valence-corrected chi connectivity index (χ1v) is 11.6. The minimum atomic E-state index is -3.88. The molecule has 0 heterocycles. The molecule has 10 heteroatoms. The maximum absolute atomic E-state index is 12.2. The number of ether oxygens (including phenoxy) is 1. The second kappa shape index (κ2) is 10.3. The predicted octanol–water partition coefficient (Wildman–Crippen LogP) is 4.40. The average molecular weight is 526 g/mol. The molecular weight excluding hydrogens is 502 g/mol. The number of alkyl carbamates (subject to hydrolysis) is 1. The summed E-state index contributed by atoms with van der Waals surface area (Å²) in [5.41, 5.74) is 1.54. The standard InChI is InChI=1S/C22H24BrNO7S/c1-14(17-11-10-16(12-18(17)23)22(2,3)32(28,29)30-4)19(20(25)26)24-21(27)31-13-15-8-6-5-7-9-15/h5-12H,13H2,1-4H3,(H,24,27)(H,25,26)/b19-14-. The van der Waals surface area contributed by atoms with Crippen molar-refractivity contribution in [3.8, 4) is 0 Å². The highest BCUT2D eigenvalue weighted by atomic mass is 79.9. The van der Waals surface area contributed by atoms with Crippen LogP contribution in [0, 0.1) is 0 Å². The summed E-state index contributed by atoms with van der Waals surface area (Å²) in [6.45, 7) is 4.52. The average Bonchev–Trinajstić information content (AvgIpc) is 2.75. The molecule has 0 radical (unpaired) electrons. The Labute approximate surface area is 195 Å². The molecule has 0 aromatic heterocycles. The Bertz CT molecular complexity index is 1140. The monoisotopic (exact) mass is 525 g/mol. The van der Waals surface area contributed by atoms with Crippen molar-refractivity contribution in [3.05, 3.63) is 75.4 Å². The van der Waals surface area contributed by atoms with Crippen LogP contribution >= 0.6 is 15.9 Å². The van der Waals surface area contributed by atoms with Crippen molar-refractivity contribution in [1.82, 2.24) is 5.32 Å². The normalized spacial score (nSPS) is 12.7. The lowest BCUT2D eigenvalue weighted by Gasteiger charge is -2.24. The number of nitrogens with one attached hydrogen (secondary N) is 1. The van der Waals surface area contributed by atoms with E-state index in [9.17, 15) is 23.1 Å². The minimum absolute atomic E-state index is 0.0138. The lowest BCUT2D eigenvalue weighted by molar-refractivity contribution is -0.133. The summed E-state index contributed by atoms with van der Waals surface area (Å²) in [5, 5.41) is 11.9. The molecule has 2 aromatic carbocycles. The molecule has 2 N–H and O–H groups in total. The predicted molar refractivity (Wildman–Crippen MR) is 123 cm³/mol. The van der Waals surface area contributed by atoms with Gasteiger partial charge in [0, 0.05) is 4.47 Å². The first-order valence-electron chi connectivity index (χ1n) is 9.43. The molecule has 0 spiro atoms. The number of carbonyl (C=O) groups is 2. The van der Waals surface area contributed by atoms with Gasteiger partial charge in [-0.25, -0.2) is 9.59 Å². The van der Waals surface area contributed by atoms with E-state index in [2.05, 4.69) is 25.4 Å². The van der Waals surface area contributed by atoms with E-state index in [0.717, 1.165) is 12.7 Å². The summed E-state index contributed by atoms with van der Waals surface area (Å²) in [5.74, 6) is -1.35. The zero-order valence-electron chi connectivity index (χ0n) is 18.0. The molecule has 0 aliphatic rings. The third-order valence-corrected chi connectivity index (χ3v) is 7.52. The largest absolute Gasteiger partial charge is 0.477 e. The number of hydrogen-bond donors (Lipinski definition) is 2. The van der Waals surface area contributed by atoms with Crippen LogP contribution in [0.2, 0.25) is 0 Å². The second-order valence-corrected chi connectivity index (χ2v) is 10.4. The van der Waals surface area contributed by atoms with Crippen molar-refractivity contribution in [2.45, 2.75) is 32.1 Å². The van der Waals surface area contributed by atoms with Crippen molar-refractivity contribution >= 4 is 43.7 Å². The van der Waals surface area contributed by atoms with Crippen molar-refractivity contribution in [2.24, 2.45) is 0 Å². The third-order valence-electron chi connectivity index (χ3n) is 4.94. The summed E-state index contributed by atoms with van der Waals surface area (Å²) in [7, 11) is -2.78. The van der Waals surface area contributed by atoms with Crippen molar-refractivity contribution in [2.75, 3.05) is 7.11 Å². The van der Waals surface area contributed by atoms with Crippen LogP contribution in [-0.2, 0) is 35.2 Å². The summed E-state index contributed by atoms with van der Waals surface area (Å²) in [6, 6.07) is 13.7. The highest BCUT2D eigenvalue weighted by Gasteiger charge is 2.37. The summed E-state index contributed by atoms with van der Waals surface area (Å²) < 4.78 is 33.4. The van der Waals surface area contributed by atoms with E-state index in [-0.39, 0.29) is 17.9 Å². The molecule has 2 aromatic rings. The van der Waals surface area contributed by atoms with Gasteiger partial charge in [0.05, 0.1) is 7.11 Å². The van der Waals surface area contributed by atoms with Gasteiger partial charge in [-0.2, -0.15) is 8.42 Å². The van der Waals surface area contributed by atoms with Gasteiger partial charge in [-0.05, 0) is 49.1 Å². The molecule has 0 aliphatic carbocycles. The number of benzene rings is 2. The fourth-order valence-corrected chi connectivity index (χ4v) is 4.36. The Morgan fingerprint density at radius 2 is 1.75 bits per heavy atom. The van der Waals surface area contributed by atoms with Gasteiger partial charge < -0.3 is 9.84 Å². The molecule has 172 valence electrons. The molecule has 1 amide bonds. The summed E-state index contributed by atoms with van der Waals surface area (Å²) >= 11 is 3.37. The van der Waals surface area contributed by atoms with Crippen molar-refractivity contribution < 1.29 is 32.0 Å². The quantitative estimate of drug-likeness (QED) is 0.387. The van der Waals surface area contributed by atoms with Crippen LogP contribution in [0.25, 0.3) is 5.57 Å². The van der Waals surface area contributed by atoms with E-state index in [4.69, 9.17) is 4.74 Å². The van der Waals surface area contributed by atoms with Crippen LogP contribution in [0.15, 0.2) is 58.7 Å². The summed E-state index contributed by atoms with van der Waals surface area (Å²) in [4.78, 5) is 24.0. The number of allylic oxidation sites excluding steroid dienone is 1. The molecule has 32 heavy (non-hydrogen) atoms. The first-order chi connectivity index (χ1) is 14.9. The topological polar surface area (TPSA) is 119 Å². The molecule has 0 unspecified atom stereocenters. The Hall–Kier alpha value is -2.69. The molecule has 2 rings (SSSR count). The fourth-order valence-electron chi connectivity index (χ4n) is 2.85. The highest BCUT2D eigenvalue weighted by Crippen LogP contribution is 2.35. The summed E-state index contributed by atoms with van der Waals surface area (Å²) in [6.07, 6.45) is -0.911. The molecule has 0 saturated heterocycles. The van der Waals surface area contributed by atoms with Crippen LogP contribution in [0.3, 0.4) is 0 Å². The van der Waals surface area contributed by atoms with Gasteiger partial charge in [0.25, 0.3) is 10.1 Å². The fraction of sp³-hybridized carbons (Fsp3) is 0.273. The van der Waals surface area contributed by atoms with Gasteiger partial charge in [-0.3, -0.25) is 9.50 Å². The maximum atomic E-state index is 12.2. The van der Waals surface area contributed by atoms with Crippen LogP contribution < -0.4 is 5.32 Å².